The molecule has 0 aromatic heterocycles. The zero-order valence-corrected chi connectivity index (χ0v) is 17.3. The summed E-state index contributed by atoms with van der Waals surface area (Å²) in [5.41, 5.74) is 4.51. The third-order valence-corrected chi connectivity index (χ3v) is 5.43. The summed E-state index contributed by atoms with van der Waals surface area (Å²) in [6.45, 7) is 4.57. The van der Waals surface area contributed by atoms with Crippen molar-refractivity contribution in [1.82, 2.24) is 0 Å². The van der Waals surface area contributed by atoms with Gasteiger partial charge in [0.25, 0.3) is 0 Å². The predicted octanol–water partition coefficient (Wildman–Crippen LogP) is 6.58. The Kier molecular flexibility index (Phi) is 7.34. The number of benzene rings is 3. The molecule has 0 aliphatic rings. The van der Waals surface area contributed by atoms with E-state index in [4.69, 9.17) is 4.74 Å². The van der Waals surface area contributed by atoms with Crippen molar-refractivity contribution in [3.8, 4) is 5.75 Å². The van der Waals surface area contributed by atoms with Crippen molar-refractivity contribution in [2.24, 2.45) is 0 Å². The Hall–Kier alpha value is -3.01. The number of carbonyl (C=O) groups is 1. The van der Waals surface area contributed by atoms with Crippen LogP contribution < -0.4 is 4.74 Å². The molecule has 4 heteroatoms. The number of ether oxygens (including phenoxy) is 1. The molecule has 0 unspecified atom stereocenters. The lowest BCUT2D eigenvalue weighted by molar-refractivity contribution is 0.112. The molecule has 3 aromatic rings. The van der Waals surface area contributed by atoms with Crippen LogP contribution in [-0.2, 0) is 6.42 Å². The lowest BCUT2D eigenvalue weighted by Gasteiger charge is -2.19. The van der Waals surface area contributed by atoms with Crippen LogP contribution in [0.2, 0.25) is 0 Å². The number of carbonyl (C=O) groups excluding carboxylic acids is 1. The average molecular weight is 408 g/mol. The summed E-state index contributed by atoms with van der Waals surface area (Å²) in [7, 11) is 0. The van der Waals surface area contributed by atoms with Gasteiger partial charge in [0.15, 0.2) is 0 Å². The maximum Gasteiger partial charge on any atom is 0.150 e. The third kappa shape index (κ3) is 5.76. The lowest BCUT2D eigenvalue weighted by Crippen LogP contribution is -2.09. The van der Waals surface area contributed by atoms with Gasteiger partial charge in [-0.05, 0) is 104 Å². The minimum atomic E-state index is -0.428. The molecular formula is C26H26F2O2. The first-order valence-corrected chi connectivity index (χ1v) is 10.2. The molecule has 0 aliphatic heterocycles. The van der Waals surface area contributed by atoms with E-state index < -0.39 is 5.82 Å². The summed E-state index contributed by atoms with van der Waals surface area (Å²) < 4.78 is 34.1. The van der Waals surface area contributed by atoms with Gasteiger partial charge in [-0.1, -0.05) is 18.2 Å². The third-order valence-electron chi connectivity index (χ3n) is 5.43. The summed E-state index contributed by atoms with van der Waals surface area (Å²) in [5, 5.41) is 0. The molecule has 0 radical (unpaired) electrons. The van der Waals surface area contributed by atoms with Crippen molar-refractivity contribution >= 4 is 6.29 Å². The molecule has 0 fully saturated rings. The van der Waals surface area contributed by atoms with Crippen LogP contribution in [0.15, 0.2) is 60.7 Å². The molecule has 30 heavy (non-hydrogen) atoms. The Morgan fingerprint density at radius 2 is 1.70 bits per heavy atom. The number of hydrogen-bond donors (Lipinski definition) is 0. The van der Waals surface area contributed by atoms with Crippen molar-refractivity contribution in [3.63, 3.8) is 0 Å². The molecule has 0 saturated carbocycles. The number of aryl methyl sites for hydroxylation is 2. The Balaban J connectivity index is 1.69. The first-order valence-electron chi connectivity index (χ1n) is 10.2. The Bertz CT molecular complexity index is 996. The average Bonchev–Trinajstić information content (AvgIpc) is 2.75. The molecule has 2 nitrogen and oxygen atoms in total. The van der Waals surface area contributed by atoms with Crippen LogP contribution in [0, 0.1) is 25.5 Å². The fourth-order valence-corrected chi connectivity index (χ4v) is 3.57. The predicted molar refractivity (Wildman–Crippen MR) is 115 cm³/mol. The Labute approximate surface area is 176 Å². The largest absolute Gasteiger partial charge is 0.494 e. The van der Waals surface area contributed by atoms with Gasteiger partial charge in [0.05, 0.1) is 6.61 Å². The van der Waals surface area contributed by atoms with E-state index in [1.165, 1.54) is 23.3 Å². The minimum Gasteiger partial charge on any atom is -0.494 e. The van der Waals surface area contributed by atoms with Gasteiger partial charge in [0, 0.05) is 5.56 Å². The van der Waals surface area contributed by atoms with Gasteiger partial charge in [-0.2, -0.15) is 0 Å². The standard InChI is InChI=1S/C26H26F2O2/c1-18-5-6-21(14-19(18)2)15-22(25-16-23(27)9-12-26(25)28)4-3-13-30-24-10-7-20(17-29)8-11-24/h5-12,14,16-17,22H,3-4,13,15H2,1-2H3/t22-/m0/s1. The van der Waals surface area contributed by atoms with E-state index >= 15 is 0 Å². The number of halogens is 2. The monoisotopic (exact) mass is 408 g/mol. The molecule has 3 rings (SSSR count). The highest BCUT2D eigenvalue weighted by Crippen LogP contribution is 2.29. The summed E-state index contributed by atoms with van der Waals surface area (Å²) in [6.07, 6.45) is 2.78. The van der Waals surface area contributed by atoms with Gasteiger partial charge in [-0.15, -0.1) is 0 Å². The van der Waals surface area contributed by atoms with E-state index in [-0.39, 0.29) is 11.7 Å². The molecule has 1 atom stereocenters. The van der Waals surface area contributed by atoms with Gasteiger partial charge in [-0.3, -0.25) is 4.79 Å². The van der Waals surface area contributed by atoms with Crippen molar-refractivity contribution in [2.75, 3.05) is 6.61 Å². The molecule has 0 amide bonds. The van der Waals surface area contributed by atoms with Gasteiger partial charge >= 0.3 is 0 Å². The number of aldehydes is 1. The number of rotatable bonds is 9. The van der Waals surface area contributed by atoms with E-state index in [0.29, 0.717) is 42.7 Å². The summed E-state index contributed by atoms with van der Waals surface area (Å²) >= 11 is 0. The van der Waals surface area contributed by atoms with Gasteiger partial charge in [0.1, 0.15) is 23.7 Å². The normalized spacial score (nSPS) is 11.9. The quantitative estimate of drug-likeness (QED) is 0.295. The fraction of sp³-hybridized carbons (Fsp3) is 0.269. The summed E-state index contributed by atoms with van der Waals surface area (Å²) in [5.74, 6) is -0.273. The highest BCUT2D eigenvalue weighted by molar-refractivity contribution is 5.74. The van der Waals surface area contributed by atoms with Crippen LogP contribution in [0.3, 0.4) is 0 Å². The van der Waals surface area contributed by atoms with Crippen molar-refractivity contribution in [1.29, 1.82) is 0 Å². The van der Waals surface area contributed by atoms with Gasteiger partial charge in [0.2, 0.25) is 0 Å². The number of hydrogen-bond acceptors (Lipinski definition) is 2. The Morgan fingerprint density at radius 3 is 2.40 bits per heavy atom. The lowest BCUT2D eigenvalue weighted by atomic mass is 9.87. The van der Waals surface area contributed by atoms with Gasteiger partial charge < -0.3 is 4.74 Å². The second-order valence-corrected chi connectivity index (χ2v) is 7.66. The van der Waals surface area contributed by atoms with Crippen LogP contribution in [0.4, 0.5) is 8.78 Å². The zero-order chi connectivity index (χ0) is 21.5. The van der Waals surface area contributed by atoms with E-state index in [1.54, 1.807) is 24.3 Å². The second-order valence-electron chi connectivity index (χ2n) is 7.66. The summed E-state index contributed by atoms with van der Waals surface area (Å²) in [4.78, 5) is 10.7. The minimum absolute atomic E-state index is 0.149. The van der Waals surface area contributed by atoms with E-state index in [1.807, 2.05) is 0 Å². The maximum absolute atomic E-state index is 14.5. The van der Waals surface area contributed by atoms with Crippen LogP contribution in [-0.4, -0.2) is 12.9 Å². The van der Waals surface area contributed by atoms with Crippen LogP contribution in [0.25, 0.3) is 0 Å². The molecular weight excluding hydrogens is 382 g/mol. The SMILES string of the molecule is Cc1ccc(C[C@H](CCCOc2ccc(C=O)cc2)c2cc(F)ccc2F)cc1C. The van der Waals surface area contributed by atoms with Crippen LogP contribution in [0.1, 0.15) is 51.4 Å². The highest BCUT2D eigenvalue weighted by Gasteiger charge is 2.18. The molecule has 0 aliphatic carbocycles. The van der Waals surface area contributed by atoms with Crippen LogP contribution >= 0.6 is 0 Å². The van der Waals surface area contributed by atoms with E-state index in [0.717, 1.165) is 17.9 Å². The van der Waals surface area contributed by atoms with Crippen molar-refractivity contribution < 1.29 is 18.3 Å². The van der Waals surface area contributed by atoms with E-state index in [2.05, 4.69) is 32.0 Å². The van der Waals surface area contributed by atoms with Crippen molar-refractivity contribution in [3.05, 3.63) is 100 Å². The van der Waals surface area contributed by atoms with Crippen molar-refractivity contribution in [2.45, 2.75) is 39.0 Å². The molecule has 3 aromatic carbocycles. The molecule has 156 valence electrons. The topological polar surface area (TPSA) is 26.3 Å². The molecule has 0 saturated heterocycles. The first kappa shape index (κ1) is 21.7. The van der Waals surface area contributed by atoms with Crippen LogP contribution in [0.5, 0.6) is 5.75 Å². The smallest absolute Gasteiger partial charge is 0.150 e. The highest BCUT2D eigenvalue weighted by atomic mass is 19.1. The molecule has 0 bridgehead atoms. The molecule has 0 heterocycles. The zero-order valence-electron chi connectivity index (χ0n) is 17.3. The Morgan fingerprint density at radius 1 is 0.933 bits per heavy atom. The fourth-order valence-electron chi connectivity index (χ4n) is 3.57. The van der Waals surface area contributed by atoms with Gasteiger partial charge in [-0.25, -0.2) is 8.78 Å². The summed E-state index contributed by atoms with van der Waals surface area (Å²) in [6, 6.07) is 16.8. The molecule has 0 spiro atoms. The molecule has 0 N–H and O–H groups in total. The second kappa shape index (κ2) is 10.1. The first-order chi connectivity index (χ1) is 14.5. The van der Waals surface area contributed by atoms with E-state index in [9.17, 15) is 13.6 Å². The maximum atomic E-state index is 14.5.